The van der Waals surface area contributed by atoms with Crippen LogP contribution in [-0.4, -0.2) is 24.0 Å². The van der Waals surface area contributed by atoms with Gasteiger partial charge in [0.1, 0.15) is 0 Å². The summed E-state index contributed by atoms with van der Waals surface area (Å²) < 4.78 is 0. The maximum absolute atomic E-state index is 4.09. The monoisotopic (exact) mass is 177 g/mol. The lowest BCUT2D eigenvalue weighted by molar-refractivity contribution is 0.232. The Morgan fingerprint density at radius 2 is 1.92 bits per heavy atom. The summed E-state index contributed by atoms with van der Waals surface area (Å²) in [5.74, 6) is 0. The van der Waals surface area contributed by atoms with Crippen molar-refractivity contribution in [2.45, 2.75) is 39.2 Å². The summed E-state index contributed by atoms with van der Waals surface area (Å²) >= 11 is 0. The zero-order valence-corrected chi connectivity index (χ0v) is 8.77. The van der Waals surface area contributed by atoms with E-state index in [0.717, 1.165) is 0 Å². The van der Waals surface area contributed by atoms with Crippen molar-refractivity contribution in [1.82, 2.24) is 4.90 Å². The molecule has 0 aromatic heterocycles. The van der Waals surface area contributed by atoms with Gasteiger partial charge in [-0.2, -0.15) is 0 Å². The van der Waals surface area contributed by atoms with Crippen LogP contribution in [-0.2, 0) is 0 Å². The highest BCUT2D eigenvalue weighted by Gasteiger charge is 2.24. The fourth-order valence-corrected chi connectivity index (χ4v) is 2.39. The molecule has 0 amide bonds. The van der Waals surface area contributed by atoms with Crippen molar-refractivity contribution >= 4 is 0 Å². The lowest BCUT2D eigenvalue weighted by atomic mass is 10.0. The number of allylic oxidation sites excluding steroid dienone is 1. The Hall–Kier alpha value is -0.560. The van der Waals surface area contributed by atoms with Gasteiger partial charge in [-0.15, -0.1) is 0 Å². The molecule has 2 aliphatic rings. The lowest BCUT2D eigenvalue weighted by Crippen LogP contribution is -2.36. The molecule has 0 atom stereocenters. The first kappa shape index (κ1) is 9.01. The van der Waals surface area contributed by atoms with Gasteiger partial charge in [-0.25, -0.2) is 0 Å². The van der Waals surface area contributed by atoms with Gasteiger partial charge in [-0.05, 0) is 33.1 Å². The van der Waals surface area contributed by atoms with Crippen LogP contribution in [0, 0.1) is 0 Å². The summed E-state index contributed by atoms with van der Waals surface area (Å²) in [6.45, 7) is 11.1. The molecule has 72 valence electrons. The van der Waals surface area contributed by atoms with Gasteiger partial charge in [0.2, 0.25) is 0 Å². The SMILES string of the molecule is C=C1CC2=C(C1)CN(C(C)C)CC2. The van der Waals surface area contributed by atoms with E-state index in [1.54, 1.807) is 11.1 Å². The second kappa shape index (κ2) is 3.30. The van der Waals surface area contributed by atoms with Crippen molar-refractivity contribution in [3.63, 3.8) is 0 Å². The fourth-order valence-electron chi connectivity index (χ4n) is 2.39. The quantitative estimate of drug-likeness (QED) is 0.557. The molecule has 1 heteroatoms. The Bertz CT molecular complexity index is 260. The molecule has 1 aliphatic heterocycles. The van der Waals surface area contributed by atoms with Gasteiger partial charge in [0.25, 0.3) is 0 Å². The summed E-state index contributed by atoms with van der Waals surface area (Å²) in [5.41, 5.74) is 4.79. The number of hydrogen-bond donors (Lipinski definition) is 0. The average molecular weight is 177 g/mol. The van der Waals surface area contributed by atoms with Crippen LogP contribution in [0.3, 0.4) is 0 Å². The molecule has 2 rings (SSSR count). The maximum atomic E-state index is 4.09. The highest BCUT2D eigenvalue weighted by molar-refractivity contribution is 5.34. The van der Waals surface area contributed by atoms with Crippen LogP contribution in [0.4, 0.5) is 0 Å². The molecule has 0 saturated heterocycles. The normalized spacial score (nSPS) is 24.4. The van der Waals surface area contributed by atoms with Gasteiger partial charge >= 0.3 is 0 Å². The van der Waals surface area contributed by atoms with Gasteiger partial charge in [0, 0.05) is 19.1 Å². The van der Waals surface area contributed by atoms with Crippen molar-refractivity contribution in [2.24, 2.45) is 0 Å². The van der Waals surface area contributed by atoms with Crippen molar-refractivity contribution in [1.29, 1.82) is 0 Å². The minimum Gasteiger partial charge on any atom is -0.297 e. The predicted molar refractivity (Wildman–Crippen MR) is 56.7 cm³/mol. The van der Waals surface area contributed by atoms with Gasteiger partial charge in [0.05, 0.1) is 0 Å². The first-order valence-electron chi connectivity index (χ1n) is 5.27. The van der Waals surface area contributed by atoms with E-state index in [0.29, 0.717) is 6.04 Å². The van der Waals surface area contributed by atoms with Crippen LogP contribution in [0.1, 0.15) is 33.1 Å². The Morgan fingerprint density at radius 3 is 2.62 bits per heavy atom. The van der Waals surface area contributed by atoms with Crippen molar-refractivity contribution in [2.75, 3.05) is 13.1 Å². The zero-order chi connectivity index (χ0) is 9.42. The smallest absolute Gasteiger partial charge is 0.0201 e. The summed E-state index contributed by atoms with van der Waals surface area (Å²) in [4.78, 5) is 2.57. The molecule has 0 fully saturated rings. The highest BCUT2D eigenvalue weighted by Crippen LogP contribution is 2.35. The van der Waals surface area contributed by atoms with E-state index in [9.17, 15) is 0 Å². The maximum Gasteiger partial charge on any atom is 0.0201 e. The van der Waals surface area contributed by atoms with Gasteiger partial charge in [0.15, 0.2) is 0 Å². The fraction of sp³-hybridized carbons (Fsp3) is 0.667. The Labute approximate surface area is 81.1 Å². The average Bonchev–Trinajstić information content (AvgIpc) is 2.42. The molecule has 0 spiro atoms. The number of nitrogens with zero attached hydrogens (tertiary/aromatic N) is 1. The topological polar surface area (TPSA) is 3.24 Å². The third-order valence-electron chi connectivity index (χ3n) is 3.25. The van der Waals surface area contributed by atoms with Crippen LogP contribution in [0.2, 0.25) is 0 Å². The Morgan fingerprint density at radius 1 is 1.23 bits per heavy atom. The largest absolute Gasteiger partial charge is 0.297 e. The first-order valence-corrected chi connectivity index (χ1v) is 5.27. The van der Waals surface area contributed by atoms with E-state index in [-0.39, 0.29) is 0 Å². The van der Waals surface area contributed by atoms with Crippen LogP contribution in [0.5, 0.6) is 0 Å². The molecule has 13 heavy (non-hydrogen) atoms. The van der Waals surface area contributed by atoms with Gasteiger partial charge < -0.3 is 0 Å². The molecule has 0 aromatic rings. The molecular weight excluding hydrogens is 158 g/mol. The van der Waals surface area contributed by atoms with Gasteiger partial charge in [-0.1, -0.05) is 23.3 Å². The molecule has 0 unspecified atom stereocenters. The second-order valence-electron chi connectivity index (χ2n) is 4.62. The van der Waals surface area contributed by atoms with Crippen LogP contribution in [0.15, 0.2) is 23.3 Å². The number of hydrogen-bond acceptors (Lipinski definition) is 1. The van der Waals surface area contributed by atoms with E-state index in [4.69, 9.17) is 0 Å². The second-order valence-corrected chi connectivity index (χ2v) is 4.62. The molecule has 0 aromatic carbocycles. The zero-order valence-electron chi connectivity index (χ0n) is 8.77. The van der Waals surface area contributed by atoms with Crippen molar-refractivity contribution in [3.05, 3.63) is 23.3 Å². The van der Waals surface area contributed by atoms with E-state index in [1.165, 1.54) is 37.9 Å². The molecule has 1 nitrogen and oxygen atoms in total. The highest BCUT2D eigenvalue weighted by atomic mass is 15.1. The molecule has 0 saturated carbocycles. The van der Waals surface area contributed by atoms with Gasteiger partial charge in [-0.3, -0.25) is 4.90 Å². The third-order valence-corrected chi connectivity index (χ3v) is 3.25. The van der Waals surface area contributed by atoms with Crippen LogP contribution < -0.4 is 0 Å². The minimum atomic E-state index is 0.697. The molecule has 0 N–H and O–H groups in total. The molecule has 0 bridgehead atoms. The summed E-state index contributed by atoms with van der Waals surface area (Å²) in [6.07, 6.45) is 3.66. The van der Waals surface area contributed by atoms with Crippen molar-refractivity contribution < 1.29 is 0 Å². The van der Waals surface area contributed by atoms with Crippen molar-refractivity contribution in [3.8, 4) is 0 Å². The summed E-state index contributed by atoms with van der Waals surface area (Å²) in [5, 5.41) is 0. The van der Waals surface area contributed by atoms with E-state index in [1.807, 2.05) is 0 Å². The van der Waals surface area contributed by atoms with E-state index >= 15 is 0 Å². The van der Waals surface area contributed by atoms with E-state index in [2.05, 4.69) is 25.3 Å². The standard InChI is InChI=1S/C12H19N/c1-9(2)13-5-4-11-6-10(3)7-12(11)8-13/h9H,3-8H2,1-2H3. The Kier molecular flexibility index (Phi) is 2.29. The molecule has 0 radical (unpaired) electrons. The van der Waals surface area contributed by atoms with Crippen LogP contribution >= 0.6 is 0 Å². The molecule has 1 heterocycles. The first-order chi connectivity index (χ1) is 6.16. The summed E-state index contributed by atoms with van der Waals surface area (Å²) in [6, 6.07) is 0.697. The lowest BCUT2D eigenvalue weighted by Gasteiger charge is -2.31. The number of rotatable bonds is 1. The van der Waals surface area contributed by atoms with Crippen LogP contribution in [0.25, 0.3) is 0 Å². The summed E-state index contributed by atoms with van der Waals surface area (Å²) in [7, 11) is 0. The minimum absolute atomic E-state index is 0.697. The third kappa shape index (κ3) is 1.71. The molecular formula is C12H19N. The molecule has 1 aliphatic carbocycles. The van der Waals surface area contributed by atoms with E-state index < -0.39 is 0 Å². The predicted octanol–water partition coefficient (Wildman–Crippen LogP) is 2.75. The Balaban J connectivity index is 2.07.